The summed E-state index contributed by atoms with van der Waals surface area (Å²) in [5.41, 5.74) is 1.88. The molecule has 0 bridgehead atoms. The van der Waals surface area contributed by atoms with Crippen LogP contribution in [0.4, 0.5) is 13.2 Å². The van der Waals surface area contributed by atoms with Gasteiger partial charge in [0.2, 0.25) is 0 Å². The Labute approximate surface area is 160 Å². The smallest absolute Gasteiger partial charge is 0.416 e. The van der Waals surface area contributed by atoms with Gasteiger partial charge in [-0.25, -0.2) is 4.68 Å². The van der Waals surface area contributed by atoms with E-state index in [0.717, 1.165) is 15.3 Å². The van der Waals surface area contributed by atoms with E-state index in [1.165, 1.54) is 36.5 Å². The van der Waals surface area contributed by atoms with Crippen LogP contribution in [0.1, 0.15) is 21.5 Å². The number of fused-ring (bicyclic) bond motifs is 1. The third kappa shape index (κ3) is 3.47. The number of carbonyl (C=O) groups excluding carboxylic acids is 1. The maximum Gasteiger partial charge on any atom is 0.416 e. The topological polar surface area (TPSA) is 127 Å². The van der Waals surface area contributed by atoms with Gasteiger partial charge in [-0.15, -0.1) is 0 Å². The first-order valence-electron chi connectivity index (χ1n) is 8.15. The molecule has 3 aromatic rings. The van der Waals surface area contributed by atoms with Crippen LogP contribution >= 0.6 is 0 Å². The molecule has 8 nitrogen and oxygen atoms in total. The SMILES string of the molecule is NC(C(=O)O)C(=O)c1c(O)c2cccn2n(Cc2ccccc2C(F)(F)F)c1=O. The van der Waals surface area contributed by atoms with Gasteiger partial charge in [0, 0.05) is 6.20 Å². The van der Waals surface area contributed by atoms with Crippen LogP contribution in [0.2, 0.25) is 0 Å². The first kappa shape index (κ1) is 20.1. The van der Waals surface area contributed by atoms with Crippen molar-refractivity contribution in [2.24, 2.45) is 5.73 Å². The molecule has 3 rings (SSSR count). The second kappa shape index (κ2) is 7.09. The molecule has 4 N–H and O–H groups in total. The predicted molar refractivity (Wildman–Crippen MR) is 93.8 cm³/mol. The Hall–Kier alpha value is -3.60. The minimum Gasteiger partial charge on any atom is -0.505 e. The fraction of sp³-hybridized carbons (Fsp3) is 0.167. The normalized spacial score (nSPS) is 12.8. The van der Waals surface area contributed by atoms with Crippen molar-refractivity contribution < 1.29 is 33.0 Å². The van der Waals surface area contributed by atoms with Crippen molar-refractivity contribution in [2.75, 3.05) is 0 Å². The number of hydrogen-bond acceptors (Lipinski definition) is 5. The number of aromatic nitrogens is 2. The molecule has 0 fully saturated rings. The third-order valence-electron chi connectivity index (χ3n) is 4.35. The molecule has 152 valence electrons. The van der Waals surface area contributed by atoms with Crippen LogP contribution in [0.15, 0.2) is 47.4 Å². The summed E-state index contributed by atoms with van der Waals surface area (Å²) in [5.74, 6) is -3.89. The summed E-state index contributed by atoms with van der Waals surface area (Å²) in [6.45, 7) is -0.595. The zero-order chi connectivity index (χ0) is 21.5. The van der Waals surface area contributed by atoms with E-state index in [-0.39, 0.29) is 11.1 Å². The first-order valence-corrected chi connectivity index (χ1v) is 8.15. The van der Waals surface area contributed by atoms with Gasteiger partial charge in [0.25, 0.3) is 5.56 Å². The molecule has 0 spiro atoms. The number of carboxylic acid groups (broad SMARTS) is 1. The molecule has 0 saturated heterocycles. The van der Waals surface area contributed by atoms with Crippen molar-refractivity contribution in [2.45, 2.75) is 18.8 Å². The molecule has 0 aliphatic rings. The quantitative estimate of drug-likeness (QED) is 0.433. The van der Waals surface area contributed by atoms with Crippen LogP contribution in [-0.4, -0.2) is 37.2 Å². The Kier molecular flexibility index (Phi) is 4.93. The average molecular weight is 409 g/mol. The lowest BCUT2D eigenvalue weighted by atomic mass is 10.0. The van der Waals surface area contributed by atoms with E-state index in [0.29, 0.717) is 0 Å². The van der Waals surface area contributed by atoms with Gasteiger partial charge in [-0.3, -0.25) is 18.9 Å². The van der Waals surface area contributed by atoms with E-state index in [2.05, 4.69) is 0 Å². The van der Waals surface area contributed by atoms with E-state index in [4.69, 9.17) is 10.8 Å². The lowest BCUT2D eigenvalue weighted by molar-refractivity contribution is -0.138. The predicted octanol–water partition coefficient (Wildman–Crippen LogP) is 1.47. The van der Waals surface area contributed by atoms with Crippen LogP contribution in [0.3, 0.4) is 0 Å². The fourth-order valence-electron chi connectivity index (χ4n) is 2.96. The van der Waals surface area contributed by atoms with Gasteiger partial charge >= 0.3 is 12.1 Å². The number of nitrogens with two attached hydrogens (primary N) is 1. The molecule has 29 heavy (non-hydrogen) atoms. The van der Waals surface area contributed by atoms with Gasteiger partial charge in [-0.1, -0.05) is 18.2 Å². The van der Waals surface area contributed by atoms with E-state index < -0.39 is 53.0 Å². The van der Waals surface area contributed by atoms with Crippen LogP contribution in [-0.2, 0) is 17.5 Å². The van der Waals surface area contributed by atoms with Gasteiger partial charge < -0.3 is 15.9 Å². The lowest BCUT2D eigenvalue weighted by Crippen LogP contribution is -2.42. The molecule has 0 aliphatic heterocycles. The fourth-order valence-corrected chi connectivity index (χ4v) is 2.96. The molecular formula is C18H14F3N3O5. The number of aliphatic carboxylic acids is 1. The van der Waals surface area contributed by atoms with Gasteiger partial charge in [-0.05, 0) is 23.8 Å². The number of benzene rings is 1. The summed E-state index contributed by atoms with van der Waals surface area (Å²) in [4.78, 5) is 36.2. The largest absolute Gasteiger partial charge is 0.505 e. The minimum absolute atomic E-state index is 0.0740. The Morgan fingerprint density at radius 1 is 1.14 bits per heavy atom. The van der Waals surface area contributed by atoms with Crippen molar-refractivity contribution in [1.82, 2.24) is 9.20 Å². The number of alkyl halides is 3. The molecule has 11 heteroatoms. The van der Waals surface area contributed by atoms with E-state index >= 15 is 0 Å². The zero-order valence-corrected chi connectivity index (χ0v) is 14.6. The van der Waals surface area contributed by atoms with Gasteiger partial charge in [0.05, 0.1) is 12.1 Å². The minimum atomic E-state index is -4.68. The number of carboxylic acids is 1. The Balaban J connectivity index is 2.25. The Bertz CT molecular complexity index is 1180. The first-order chi connectivity index (χ1) is 13.5. The van der Waals surface area contributed by atoms with Crippen molar-refractivity contribution in [3.05, 3.63) is 69.6 Å². The van der Waals surface area contributed by atoms with Crippen molar-refractivity contribution in [3.8, 4) is 5.75 Å². The molecule has 1 unspecified atom stereocenters. The summed E-state index contributed by atoms with van der Waals surface area (Å²) >= 11 is 0. The molecule has 1 aromatic carbocycles. The summed E-state index contributed by atoms with van der Waals surface area (Å²) in [5, 5.41) is 19.2. The molecule has 0 amide bonds. The van der Waals surface area contributed by atoms with Gasteiger partial charge in [-0.2, -0.15) is 13.2 Å². The summed E-state index contributed by atoms with van der Waals surface area (Å²) in [7, 11) is 0. The van der Waals surface area contributed by atoms with Crippen LogP contribution in [0.5, 0.6) is 5.75 Å². The van der Waals surface area contributed by atoms with Gasteiger partial charge in [0.15, 0.2) is 17.6 Å². The Morgan fingerprint density at radius 2 is 1.79 bits per heavy atom. The number of rotatable bonds is 5. The molecule has 2 heterocycles. The summed E-state index contributed by atoms with van der Waals surface area (Å²) in [6, 6.07) is 5.15. The molecular weight excluding hydrogens is 395 g/mol. The molecule has 2 aromatic heterocycles. The van der Waals surface area contributed by atoms with Crippen LogP contribution in [0, 0.1) is 0 Å². The molecule has 0 radical (unpaired) electrons. The lowest BCUT2D eigenvalue weighted by Gasteiger charge is -2.17. The second-order valence-electron chi connectivity index (χ2n) is 6.16. The second-order valence-corrected chi connectivity index (χ2v) is 6.16. The van der Waals surface area contributed by atoms with E-state index in [1.807, 2.05) is 0 Å². The number of ketones is 1. The number of hydrogen-bond donors (Lipinski definition) is 3. The van der Waals surface area contributed by atoms with E-state index in [1.54, 1.807) is 0 Å². The molecule has 0 aliphatic carbocycles. The number of carbonyl (C=O) groups is 2. The summed E-state index contributed by atoms with van der Waals surface area (Å²) < 4.78 is 41.8. The number of Topliss-reactive ketones (excluding diaryl/α,β-unsaturated/α-hetero) is 1. The molecule has 0 saturated carbocycles. The molecule has 1 atom stereocenters. The monoisotopic (exact) mass is 409 g/mol. The highest BCUT2D eigenvalue weighted by atomic mass is 19.4. The summed E-state index contributed by atoms with van der Waals surface area (Å²) in [6.07, 6.45) is -3.38. The highest BCUT2D eigenvalue weighted by Crippen LogP contribution is 2.32. The number of aromatic hydroxyl groups is 1. The third-order valence-corrected chi connectivity index (χ3v) is 4.35. The highest BCUT2D eigenvalue weighted by molar-refractivity contribution is 6.13. The average Bonchev–Trinajstić information content (AvgIpc) is 3.14. The van der Waals surface area contributed by atoms with Crippen molar-refractivity contribution in [3.63, 3.8) is 0 Å². The number of nitrogens with zero attached hydrogens (tertiary/aromatic N) is 2. The van der Waals surface area contributed by atoms with Crippen molar-refractivity contribution >= 4 is 17.3 Å². The zero-order valence-electron chi connectivity index (χ0n) is 14.6. The highest BCUT2D eigenvalue weighted by Gasteiger charge is 2.34. The van der Waals surface area contributed by atoms with Crippen molar-refractivity contribution in [1.29, 1.82) is 0 Å². The number of halogens is 3. The van der Waals surface area contributed by atoms with Crippen LogP contribution in [0.25, 0.3) is 5.52 Å². The van der Waals surface area contributed by atoms with Crippen LogP contribution < -0.4 is 11.3 Å². The van der Waals surface area contributed by atoms with Gasteiger partial charge in [0.1, 0.15) is 11.1 Å². The maximum atomic E-state index is 13.3. The standard InChI is InChI=1S/C18H14F3N3O5/c19-18(20,21)10-5-2-1-4-9(10)8-24-16(27)12(15(26)13(22)17(28)29)14(25)11-6-3-7-23(11)24/h1-7,13,25H,8,22H2,(H,28,29). The Morgan fingerprint density at radius 3 is 2.41 bits per heavy atom. The van der Waals surface area contributed by atoms with E-state index in [9.17, 15) is 32.7 Å². The maximum absolute atomic E-state index is 13.3.